The van der Waals surface area contributed by atoms with E-state index in [1.54, 1.807) is 25.3 Å². The molecule has 0 aliphatic heterocycles. The molecule has 0 aromatic heterocycles. The van der Waals surface area contributed by atoms with Crippen LogP contribution in [-0.4, -0.2) is 53.7 Å². The number of hydrogen-bond donors (Lipinski definition) is 1. The van der Waals surface area contributed by atoms with Gasteiger partial charge in [-0.25, -0.2) is 13.1 Å². The summed E-state index contributed by atoms with van der Waals surface area (Å²) < 4.78 is 32.7. The molecule has 0 unspecified atom stereocenters. The third kappa shape index (κ3) is 5.49. The van der Waals surface area contributed by atoms with E-state index >= 15 is 0 Å². The van der Waals surface area contributed by atoms with Gasteiger partial charge >= 0.3 is 0 Å². The van der Waals surface area contributed by atoms with Gasteiger partial charge in [0.05, 0.1) is 11.5 Å². The number of halogens is 1. The van der Waals surface area contributed by atoms with Crippen LogP contribution in [-0.2, 0) is 14.8 Å². The fourth-order valence-corrected chi connectivity index (χ4v) is 2.95. The van der Waals surface area contributed by atoms with Crippen molar-refractivity contribution in [3.63, 3.8) is 0 Å². The van der Waals surface area contributed by atoms with E-state index in [1.807, 2.05) is 18.9 Å². The number of hydrogen-bond acceptors (Lipinski definition) is 4. The molecule has 1 aromatic rings. The number of methoxy groups -OCH3 is 1. The van der Waals surface area contributed by atoms with Crippen molar-refractivity contribution in [1.29, 1.82) is 0 Å². The molecule has 0 radical (unpaired) electrons. The standard InChI is InChI=1S/C13H21BrN2O3S/c1-11-10-12(4-5-13(11)14)20(17,18)15-6-7-16(2)8-9-19-3/h4-5,10,15H,6-9H2,1-3H3. The zero-order valence-electron chi connectivity index (χ0n) is 12.0. The molecule has 1 rings (SSSR count). The highest BCUT2D eigenvalue weighted by Crippen LogP contribution is 2.19. The molecule has 7 heteroatoms. The van der Waals surface area contributed by atoms with Crippen LogP contribution in [0.3, 0.4) is 0 Å². The number of nitrogens with one attached hydrogen (secondary N) is 1. The minimum absolute atomic E-state index is 0.290. The molecular weight excluding hydrogens is 344 g/mol. The van der Waals surface area contributed by atoms with Crippen molar-refractivity contribution in [1.82, 2.24) is 9.62 Å². The van der Waals surface area contributed by atoms with Gasteiger partial charge in [0.1, 0.15) is 0 Å². The van der Waals surface area contributed by atoms with Gasteiger partial charge in [0.25, 0.3) is 0 Å². The zero-order valence-corrected chi connectivity index (χ0v) is 14.4. The summed E-state index contributed by atoms with van der Waals surface area (Å²) >= 11 is 3.36. The summed E-state index contributed by atoms with van der Waals surface area (Å²) in [4.78, 5) is 2.30. The molecule has 5 nitrogen and oxygen atoms in total. The fraction of sp³-hybridized carbons (Fsp3) is 0.538. The Labute approximate surface area is 129 Å². The van der Waals surface area contributed by atoms with E-state index in [0.717, 1.165) is 16.6 Å². The number of likely N-dealkylation sites (N-methyl/N-ethyl adjacent to an activating group) is 1. The first-order valence-electron chi connectivity index (χ1n) is 6.30. The topological polar surface area (TPSA) is 58.6 Å². The molecule has 0 saturated heterocycles. The molecule has 0 amide bonds. The maximum absolute atomic E-state index is 12.1. The van der Waals surface area contributed by atoms with Crippen molar-refractivity contribution in [2.24, 2.45) is 0 Å². The number of benzene rings is 1. The van der Waals surface area contributed by atoms with Crippen LogP contribution in [0.1, 0.15) is 5.56 Å². The first-order valence-corrected chi connectivity index (χ1v) is 8.57. The van der Waals surface area contributed by atoms with Gasteiger partial charge < -0.3 is 9.64 Å². The summed E-state index contributed by atoms with van der Waals surface area (Å²) in [6.07, 6.45) is 0. The van der Waals surface area contributed by atoms with Gasteiger partial charge in [-0.3, -0.25) is 0 Å². The number of aryl methyl sites for hydroxylation is 1. The molecule has 0 spiro atoms. The SMILES string of the molecule is COCCN(C)CCNS(=O)(=O)c1ccc(Br)c(C)c1. The van der Waals surface area contributed by atoms with E-state index in [0.29, 0.717) is 19.7 Å². The second kappa shape index (κ2) is 8.09. The third-order valence-corrected chi connectivity index (χ3v) is 5.25. The summed E-state index contributed by atoms with van der Waals surface area (Å²) in [5.74, 6) is 0. The Morgan fingerprint density at radius 1 is 1.35 bits per heavy atom. The van der Waals surface area contributed by atoms with Crippen LogP contribution in [0.15, 0.2) is 27.6 Å². The van der Waals surface area contributed by atoms with Crippen LogP contribution < -0.4 is 4.72 Å². The maximum atomic E-state index is 12.1. The molecule has 0 atom stereocenters. The summed E-state index contributed by atoms with van der Waals surface area (Å²) in [5.41, 5.74) is 0.894. The van der Waals surface area contributed by atoms with Crippen molar-refractivity contribution in [3.8, 4) is 0 Å². The molecule has 1 aromatic carbocycles. The highest BCUT2D eigenvalue weighted by molar-refractivity contribution is 9.10. The number of ether oxygens (including phenoxy) is 1. The molecule has 0 aliphatic carbocycles. The van der Waals surface area contributed by atoms with Crippen LogP contribution in [0.25, 0.3) is 0 Å². The molecule has 0 heterocycles. The van der Waals surface area contributed by atoms with Crippen molar-refractivity contribution >= 4 is 26.0 Å². The van der Waals surface area contributed by atoms with Crippen molar-refractivity contribution in [2.45, 2.75) is 11.8 Å². The molecule has 0 saturated carbocycles. The summed E-state index contributed by atoms with van der Waals surface area (Å²) in [7, 11) is 0.128. The first kappa shape index (κ1) is 17.6. The monoisotopic (exact) mass is 364 g/mol. The Morgan fingerprint density at radius 3 is 2.65 bits per heavy atom. The van der Waals surface area contributed by atoms with Gasteiger partial charge in [0.15, 0.2) is 0 Å². The van der Waals surface area contributed by atoms with E-state index in [4.69, 9.17) is 4.74 Å². The predicted molar refractivity (Wildman–Crippen MR) is 83.4 cm³/mol. The average molecular weight is 365 g/mol. The number of nitrogens with zero attached hydrogens (tertiary/aromatic N) is 1. The van der Waals surface area contributed by atoms with E-state index in [-0.39, 0.29) is 4.90 Å². The smallest absolute Gasteiger partial charge is 0.240 e. The van der Waals surface area contributed by atoms with E-state index in [1.165, 1.54) is 0 Å². The summed E-state index contributed by atoms with van der Waals surface area (Å²) in [6.45, 7) is 4.28. The quantitative estimate of drug-likeness (QED) is 0.761. The predicted octanol–water partition coefficient (Wildman–Crippen LogP) is 1.61. The van der Waals surface area contributed by atoms with Gasteiger partial charge in [0, 0.05) is 31.2 Å². The molecular formula is C13H21BrN2O3S. The number of rotatable bonds is 8. The first-order chi connectivity index (χ1) is 9.36. The minimum atomic E-state index is -3.44. The van der Waals surface area contributed by atoms with Crippen LogP contribution in [0.2, 0.25) is 0 Å². The minimum Gasteiger partial charge on any atom is -0.383 e. The van der Waals surface area contributed by atoms with Gasteiger partial charge in [-0.2, -0.15) is 0 Å². The maximum Gasteiger partial charge on any atom is 0.240 e. The van der Waals surface area contributed by atoms with E-state index in [2.05, 4.69) is 20.7 Å². The molecule has 114 valence electrons. The lowest BCUT2D eigenvalue weighted by atomic mass is 10.2. The normalized spacial score (nSPS) is 12.1. The molecule has 1 N–H and O–H groups in total. The van der Waals surface area contributed by atoms with Gasteiger partial charge in [0.2, 0.25) is 10.0 Å². The lowest BCUT2D eigenvalue weighted by molar-refractivity contribution is 0.162. The molecule has 0 fully saturated rings. The van der Waals surface area contributed by atoms with E-state index in [9.17, 15) is 8.42 Å². The Hall–Kier alpha value is -0.470. The van der Waals surface area contributed by atoms with Gasteiger partial charge in [-0.05, 0) is 37.7 Å². The Balaban J connectivity index is 2.55. The lowest BCUT2D eigenvalue weighted by Crippen LogP contribution is -2.34. The van der Waals surface area contributed by atoms with Gasteiger partial charge in [-0.1, -0.05) is 15.9 Å². The van der Waals surface area contributed by atoms with Crippen LogP contribution in [0, 0.1) is 6.92 Å². The van der Waals surface area contributed by atoms with E-state index < -0.39 is 10.0 Å². The number of sulfonamides is 1. The molecule has 20 heavy (non-hydrogen) atoms. The van der Waals surface area contributed by atoms with Crippen LogP contribution in [0.4, 0.5) is 0 Å². The lowest BCUT2D eigenvalue weighted by Gasteiger charge is -2.16. The highest BCUT2D eigenvalue weighted by atomic mass is 79.9. The van der Waals surface area contributed by atoms with Crippen molar-refractivity contribution < 1.29 is 13.2 Å². The fourth-order valence-electron chi connectivity index (χ4n) is 1.60. The van der Waals surface area contributed by atoms with Crippen molar-refractivity contribution in [3.05, 3.63) is 28.2 Å². The molecule has 0 bridgehead atoms. The van der Waals surface area contributed by atoms with Crippen LogP contribution >= 0.6 is 15.9 Å². The average Bonchev–Trinajstić information content (AvgIpc) is 2.39. The van der Waals surface area contributed by atoms with Crippen molar-refractivity contribution in [2.75, 3.05) is 40.4 Å². The molecule has 0 aliphatic rings. The Morgan fingerprint density at radius 2 is 2.05 bits per heavy atom. The summed E-state index contributed by atoms with van der Waals surface area (Å²) in [6, 6.07) is 4.99. The highest BCUT2D eigenvalue weighted by Gasteiger charge is 2.14. The summed E-state index contributed by atoms with van der Waals surface area (Å²) in [5, 5.41) is 0. The Kier molecular flexibility index (Phi) is 7.11. The Bertz CT molecular complexity index is 534. The largest absolute Gasteiger partial charge is 0.383 e. The second-order valence-corrected chi connectivity index (χ2v) is 7.23. The second-order valence-electron chi connectivity index (χ2n) is 4.60. The van der Waals surface area contributed by atoms with Crippen LogP contribution in [0.5, 0.6) is 0 Å². The third-order valence-electron chi connectivity index (χ3n) is 2.90. The van der Waals surface area contributed by atoms with Gasteiger partial charge in [-0.15, -0.1) is 0 Å². The zero-order chi connectivity index (χ0) is 15.2.